The molecule has 32 heavy (non-hydrogen) atoms. The number of nitrogen functional groups attached to an aromatic ring is 1. The standard InChI is InChI=1S/C23H35N5O4/c1-3-5-7-13-27(20-21(24)28(12-6-4-2)23(31)25-22(20)30)19(29)16-26(17-10-11-17)15-18-9-8-14-32-18/h8-9,14,17H,3-7,10-13,15-16,24H2,1-2H3,(H,25,30,31). The predicted molar refractivity (Wildman–Crippen MR) is 125 cm³/mol. The van der Waals surface area contributed by atoms with E-state index in [1.807, 2.05) is 19.1 Å². The lowest BCUT2D eigenvalue weighted by atomic mass is 10.2. The summed E-state index contributed by atoms with van der Waals surface area (Å²) in [6, 6.07) is 4.06. The molecule has 9 heteroatoms. The van der Waals surface area contributed by atoms with Crippen LogP contribution >= 0.6 is 0 Å². The molecule has 0 spiro atoms. The van der Waals surface area contributed by atoms with Gasteiger partial charge in [-0.3, -0.25) is 24.0 Å². The van der Waals surface area contributed by atoms with Crippen LogP contribution in [-0.2, 0) is 17.9 Å². The molecule has 0 atom stereocenters. The highest BCUT2D eigenvalue weighted by Gasteiger charge is 2.33. The van der Waals surface area contributed by atoms with Crippen molar-refractivity contribution >= 4 is 17.4 Å². The second-order valence-electron chi connectivity index (χ2n) is 8.47. The van der Waals surface area contributed by atoms with Crippen molar-refractivity contribution in [2.75, 3.05) is 23.7 Å². The molecular formula is C23H35N5O4. The van der Waals surface area contributed by atoms with Gasteiger partial charge in [-0.25, -0.2) is 4.79 Å². The molecule has 0 unspecified atom stereocenters. The molecule has 0 bridgehead atoms. The van der Waals surface area contributed by atoms with Gasteiger partial charge < -0.3 is 15.1 Å². The lowest BCUT2D eigenvalue weighted by Gasteiger charge is -2.28. The van der Waals surface area contributed by atoms with Crippen molar-refractivity contribution in [1.29, 1.82) is 0 Å². The molecular weight excluding hydrogens is 410 g/mol. The number of hydrogen-bond acceptors (Lipinski definition) is 6. The summed E-state index contributed by atoms with van der Waals surface area (Å²) >= 11 is 0. The number of furan rings is 1. The van der Waals surface area contributed by atoms with E-state index in [0.29, 0.717) is 25.7 Å². The van der Waals surface area contributed by atoms with Crippen LogP contribution in [0.15, 0.2) is 32.4 Å². The van der Waals surface area contributed by atoms with Gasteiger partial charge in [0.1, 0.15) is 11.6 Å². The monoisotopic (exact) mass is 445 g/mol. The summed E-state index contributed by atoms with van der Waals surface area (Å²) in [6.45, 7) is 5.56. The van der Waals surface area contributed by atoms with Gasteiger partial charge in [0.15, 0.2) is 5.69 Å². The zero-order valence-electron chi connectivity index (χ0n) is 19.1. The molecule has 9 nitrogen and oxygen atoms in total. The van der Waals surface area contributed by atoms with Crippen LogP contribution in [0.2, 0.25) is 0 Å². The molecule has 1 saturated carbocycles. The summed E-state index contributed by atoms with van der Waals surface area (Å²) in [7, 11) is 0. The van der Waals surface area contributed by atoms with E-state index in [1.54, 1.807) is 6.26 Å². The van der Waals surface area contributed by atoms with E-state index in [2.05, 4.69) is 16.8 Å². The Morgan fingerprint density at radius 2 is 1.97 bits per heavy atom. The van der Waals surface area contributed by atoms with E-state index < -0.39 is 11.2 Å². The van der Waals surface area contributed by atoms with Gasteiger partial charge in [-0.1, -0.05) is 33.1 Å². The number of rotatable bonds is 13. The maximum atomic E-state index is 13.5. The molecule has 3 rings (SSSR count). The van der Waals surface area contributed by atoms with Gasteiger partial charge in [-0.05, 0) is 37.8 Å². The largest absolute Gasteiger partial charge is 0.468 e. The summed E-state index contributed by atoms with van der Waals surface area (Å²) < 4.78 is 6.84. The number of unbranched alkanes of at least 4 members (excludes halogenated alkanes) is 3. The number of amides is 1. The number of nitrogens with two attached hydrogens (primary N) is 1. The van der Waals surface area contributed by atoms with Gasteiger partial charge in [-0.15, -0.1) is 0 Å². The molecule has 1 aliphatic rings. The van der Waals surface area contributed by atoms with Crippen molar-refractivity contribution in [3.05, 3.63) is 45.0 Å². The molecule has 0 aliphatic heterocycles. The van der Waals surface area contributed by atoms with Gasteiger partial charge in [0.05, 0.1) is 19.4 Å². The number of aromatic amines is 1. The fraction of sp³-hybridized carbons (Fsp3) is 0.609. The van der Waals surface area contributed by atoms with Crippen molar-refractivity contribution in [3.63, 3.8) is 0 Å². The average molecular weight is 446 g/mol. The van der Waals surface area contributed by atoms with Crippen LogP contribution in [0.3, 0.4) is 0 Å². The van der Waals surface area contributed by atoms with Crippen molar-refractivity contribution in [1.82, 2.24) is 14.5 Å². The van der Waals surface area contributed by atoms with Crippen LogP contribution in [-0.4, -0.2) is 39.5 Å². The molecule has 176 valence electrons. The van der Waals surface area contributed by atoms with Gasteiger partial charge in [-0.2, -0.15) is 0 Å². The molecule has 0 aromatic carbocycles. The van der Waals surface area contributed by atoms with Crippen molar-refractivity contribution in [2.45, 2.75) is 77.9 Å². The molecule has 3 N–H and O–H groups in total. The molecule has 2 aromatic rings. The summed E-state index contributed by atoms with van der Waals surface area (Å²) in [5.41, 5.74) is 5.23. The maximum absolute atomic E-state index is 13.5. The summed E-state index contributed by atoms with van der Waals surface area (Å²) in [5.74, 6) is 0.659. The lowest BCUT2D eigenvalue weighted by Crippen LogP contribution is -2.46. The predicted octanol–water partition coefficient (Wildman–Crippen LogP) is 2.70. The Hall–Kier alpha value is -2.81. The molecule has 2 aromatic heterocycles. The third-order valence-corrected chi connectivity index (χ3v) is 5.85. The highest BCUT2D eigenvalue weighted by atomic mass is 16.3. The van der Waals surface area contributed by atoms with Crippen LogP contribution in [0.5, 0.6) is 0 Å². The number of H-pyrrole nitrogens is 1. The van der Waals surface area contributed by atoms with Crippen LogP contribution in [0.4, 0.5) is 11.5 Å². The van der Waals surface area contributed by atoms with Crippen molar-refractivity contribution in [2.24, 2.45) is 0 Å². The van der Waals surface area contributed by atoms with E-state index in [-0.39, 0.29) is 24.0 Å². The number of aromatic nitrogens is 2. The minimum absolute atomic E-state index is 0.0565. The van der Waals surface area contributed by atoms with Gasteiger partial charge in [0, 0.05) is 19.1 Å². The maximum Gasteiger partial charge on any atom is 0.330 e. The molecule has 1 amide bonds. The van der Waals surface area contributed by atoms with E-state index in [4.69, 9.17) is 10.2 Å². The number of nitrogens with one attached hydrogen (secondary N) is 1. The first-order chi connectivity index (χ1) is 15.5. The first kappa shape index (κ1) is 23.8. The van der Waals surface area contributed by atoms with Crippen LogP contribution in [0.1, 0.15) is 64.6 Å². The minimum Gasteiger partial charge on any atom is -0.468 e. The third kappa shape index (κ3) is 5.91. The second kappa shape index (κ2) is 11.2. The van der Waals surface area contributed by atoms with Crippen LogP contribution < -0.4 is 21.9 Å². The van der Waals surface area contributed by atoms with Crippen LogP contribution in [0, 0.1) is 0 Å². The molecule has 2 heterocycles. The quantitative estimate of drug-likeness (QED) is 0.458. The number of carbonyl (C=O) groups excluding carboxylic acids is 1. The highest BCUT2D eigenvalue weighted by molar-refractivity contribution is 5.96. The Morgan fingerprint density at radius 3 is 2.59 bits per heavy atom. The Morgan fingerprint density at radius 1 is 1.22 bits per heavy atom. The Bertz CT molecular complexity index is 991. The zero-order chi connectivity index (χ0) is 23.1. The van der Waals surface area contributed by atoms with E-state index >= 15 is 0 Å². The summed E-state index contributed by atoms with van der Waals surface area (Å²) in [5, 5.41) is 0. The molecule has 1 aliphatic carbocycles. The first-order valence-electron chi connectivity index (χ1n) is 11.7. The Kier molecular flexibility index (Phi) is 8.33. The molecule has 0 radical (unpaired) electrons. The number of hydrogen-bond donors (Lipinski definition) is 2. The van der Waals surface area contributed by atoms with E-state index in [1.165, 1.54) is 9.47 Å². The number of anilines is 2. The van der Waals surface area contributed by atoms with Crippen molar-refractivity contribution < 1.29 is 9.21 Å². The van der Waals surface area contributed by atoms with E-state index in [9.17, 15) is 14.4 Å². The average Bonchev–Trinajstić information content (AvgIpc) is 3.48. The Labute approximate surface area is 188 Å². The third-order valence-electron chi connectivity index (χ3n) is 5.85. The minimum atomic E-state index is -0.617. The molecule has 0 saturated heterocycles. The molecule has 1 fully saturated rings. The van der Waals surface area contributed by atoms with Crippen LogP contribution in [0.25, 0.3) is 0 Å². The fourth-order valence-corrected chi connectivity index (χ4v) is 3.87. The normalized spacial score (nSPS) is 13.6. The second-order valence-corrected chi connectivity index (χ2v) is 8.47. The fourth-order valence-electron chi connectivity index (χ4n) is 3.87. The van der Waals surface area contributed by atoms with Gasteiger partial charge in [0.25, 0.3) is 5.56 Å². The summed E-state index contributed by atoms with van der Waals surface area (Å²) in [4.78, 5) is 44.5. The topological polar surface area (TPSA) is 118 Å². The van der Waals surface area contributed by atoms with Gasteiger partial charge in [0.2, 0.25) is 5.91 Å². The number of carbonyl (C=O) groups is 1. The lowest BCUT2D eigenvalue weighted by molar-refractivity contribution is -0.120. The smallest absolute Gasteiger partial charge is 0.330 e. The Balaban J connectivity index is 1.89. The van der Waals surface area contributed by atoms with E-state index in [0.717, 1.165) is 50.7 Å². The van der Waals surface area contributed by atoms with Gasteiger partial charge >= 0.3 is 5.69 Å². The SMILES string of the molecule is CCCCCN(C(=O)CN(Cc1ccco1)C1CC1)c1c(N)n(CCCC)c(=O)[nH]c1=O. The first-order valence-corrected chi connectivity index (χ1v) is 11.7. The highest BCUT2D eigenvalue weighted by Crippen LogP contribution is 2.29. The number of nitrogens with zero attached hydrogens (tertiary/aromatic N) is 3. The summed E-state index contributed by atoms with van der Waals surface area (Å²) in [6.07, 6.45) is 7.98. The zero-order valence-corrected chi connectivity index (χ0v) is 19.1. The van der Waals surface area contributed by atoms with Crippen molar-refractivity contribution in [3.8, 4) is 0 Å².